The molecule has 94 valence electrons. The smallest absolute Gasteiger partial charge is 0.317 e. The topological polar surface area (TPSA) is 58.4 Å². The van der Waals surface area contributed by atoms with Crippen LogP contribution in [0.5, 0.6) is 0 Å². The van der Waals surface area contributed by atoms with Gasteiger partial charge in [-0.05, 0) is 31.6 Å². The fourth-order valence-electron chi connectivity index (χ4n) is 1.89. The second-order valence-electron chi connectivity index (χ2n) is 4.86. The first-order chi connectivity index (χ1) is 7.63. The van der Waals surface area contributed by atoms with E-state index < -0.39 is 0 Å². The predicted octanol–water partition coefficient (Wildman–Crippen LogP) is 1.56. The standard InChI is InChI=1S/C12H25N3O/c1-3-11(13)4-7-14-12(16)15-8-5-10(2)6-9-15/h10-11H,3-9,13H2,1-2H3,(H,14,16). The van der Waals surface area contributed by atoms with Crippen LogP contribution in [-0.4, -0.2) is 36.6 Å². The van der Waals surface area contributed by atoms with Crippen molar-refractivity contribution in [1.29, 1.82) is 0 Å². The van der Waals surface area contributed by atoms with Gasteiger partial charge >= 0.3 is 6.03 Å². The molecule has 0 aliphatic carbocycles. The van der Waals surface area contributed by atoms with Gasteiger partial charge in [-0.1, -0.05) is 13.8 Å². The summed E-state index contributed by atoms with van der Waals surface area (Å²) < 4.78 is 0. The van der Waals surface area contributed by atoms with Crippen molar-refractivity contribution in [2.24, 2.45) is 11.7 Å². The van der Waals surface area contributed by atoms with Crippen LogP contribution in [-0.2, 0) is 0 Å². The molecule has 0 aromatic carbocycles. The lowest BCUT2D eigenvalue weighted by Crippen LogP contribution is -2.45. The molecule has 1 fully saturated rings. The Labute approximate surface area is 98.6 Å². The zero-order chi connectivity index (χ0) is 12.0. The van der Waals surface area contributed by atoms with Crippen molar-refractivity contribution in [3.8, 4) is 0 Å². The first-order valence-electron chi connectivity index (χ1n) is 6.41. The first-order valence-corrected chi connectivity index (χ1v) is 6.41. The third-order valence-corrected chi connectivity index (χ3v) is 3.39. The second kappa shape index (κ2) is 6.74. The van der Waals surface area contributed by atoms with E-state index in [1.165, 1.54) is 0 Å². The number of carbonyl (C=O) groups excluding carboxylic acids is 1. The number of likely N-dealkylation sites (tertiary alicyclic amines) is 1. The van der Waals surface area contributed by atoms with Crippen molar-refractivity contribution in [1.82, 2.24) is 10.2 Å². The quantitative estimate of drug-likeness (QED) is 0.765. The number of rotatable bonds is 4. The highest BCUT2D eigenvalue weighted by molar-refractivity contribution is 5.74. The lowest BCUT2D eigenvalue weighted by molar-refractivity contribution is 0.174. The molecule has 1 heterocycles. The predicted molar refractivity (Wildman–Crippen MR) is 66.3 cm³/mol. The Hall–Kier alpha value is -0.770. The summed E-state index contributed by atoms with van der Waals surface area (Å²) >= 11 is 0. The Morgan fingerprint density at radius 3 is 2.69 bits per heavy atom. The van der Waals surface area contributed by atoms with Gasteiger partial charge in [-0.2, -0.15) is 0 Å². The molecule has 1 unspecified atom stereocenters. The summed E-state index contributed by atoms with van der Waals surface area (Å²) in [4.78, 5) is 13.7. The summed E-state index contributed by atoms with van der Waals surface area (Å²) in [5.74, 6) is 0.762. The van der Waals surface area contributed by atoms with E-state index in [0.29, 0.717) is 6.54 Å². The van der Waals surface area contributed by atoms with Crippen molar-refractivity contribution in [2.45, 2.75) is 45.6 Å². The van der Waals surface area contributed by atoms with Gasteiger partial charge in [0.2, 0.25) is 0 Å². The van der Waals surface area contributed by atoms with Crippen LogP contribution >= 0.6 is 0 Å². The van der Waals surface area contributed by atoms with Gasteiger partial charge in [-0.15, -0.1) is 0 Å². The van der Waals surface area contributed by atoms with Crippen molar-refractivity contribution >= 4 is 6.03 Å². The molecule has 1 aliphatic rings. The van der Waals surface area contributed by atoms with Crippen LogP contribution in [0.4, 0.5) is 4.79 Å². The third kappa shape index (κ3) is 4.39. The van der Waals surface area contributed by atoms with Crippen LogP contribution in [0.15, 0.2) is 0 Å². The Morgan fingerprint density at radius 1 is 1.50 bits per heavy atom. The molecule has 0 spiro atoms. The number of amides is 2. The van der Waals surface area contributed by atoms with E-state index in [1.807, 2.05) is 4.90 Å². The minimum atomic E-state index is 0.0789. The van der Waals surface area contributed by atoms with Crippen LogP contribution in [0.2, 0.25) is 0 Å². The van der Waals surface area contributed by atoms with E-state index in [4.69, 9.17) is 5.73 Å². The van der Waals surface area contributed by atoms with Crippen LogP contribution in [0.25, 0.3) is 0 Å². The van der Waals surface area contributed by atoms with Gasteiger partial charge in [-0.25, -0.2) is 4.79 Å². The molecule has 0 aromatic rings. The minimum Gasteiger partial charge on any atom is -0.338 e. The highest BCUT2D eigenvalue weighted by Crippen LogP contribution is 2.15. The summed E-state index contributed by atoms with van der Waals surface area (Å²) in [5.41, 5.74) is 5.79. The SMILES string of the molecule is CCC(N)CCNC(=O)N1CCC(C)CC1. The molecule has 2 amide bonds. The second-order valence-corrected chi connectivity index (χ2v) is 4.86. The fraction of sp³-hybridized carbons (Fsp3) is 0.917. The molecule has 1 atom stereocenters. The Morgan fingerprint density at radius 2 is 2.12 bits per heavy atom. The van der Waals surface area contributed by atoms with Crippen LogP contribution in [0.3, 0.4) is 0 Å². The molecule has 16 heavy (non-hydrogen) atoms. The van der Waals surface area contributed by atoms with Crippen molar-refractivity contribution < 1.29 is 4.79 Å². The maximum absolute atomic E-state index is 11.7. The van der Waals surface area contributed by atoms with Gasteiger partial charge in [0, 0.05) is 25.7 Å². The zero-order valence-electron chi connectivity index (χ0n) is 10.5. The first kappa shape index (κ1) is 13.3. The Kier molecular flexibility index (Phi) is 5.60. The minimum absolute atomic E-state index is 0.0789. The van der Waals surface area contributed by atoms with Gasteiger partial charge in [0.25, 0.3) is 0 Å². The van der Waals surface area contributed by atoms with E-state index in [-0.39, 0.29) is 12.1 Å². The largest absolute Gasteiger partial charge is 0.338 e. The molecular weight excluding hydrogens is 202 g/mol. The highest BCUT2D eigenvalue weighted by atomic mass is 16.2. The molecule has 0 bridgehead atoms. The summed E-state index contributed by atoms with van der Waals surface area (Å²) in [7, 11) is 0. The lowest BCUT2D eigenvalue weighted by atomic mass is 10.00. The summed E-state index contributed by atoms with van der Waals surface area (Å²) in [6, 6.07) is 0.289. The Bertz CT molecular complexity index is 212. The van der Waals surface area contributed by atoms with Crippen molar-refractivity contribution in [2.75, 3.05) is 19.6 Å². The fourth-order valence-corrected chi connectivity index (χ4v) is 1.89. The molecule has 0 aromatic heterocycles. The normalized spacial score (nSPS) is 19.6. The third-order valence-electron chi connectivity index (χ3n) is 3.39. The molecule has 1 saturated heterocycles. The van der Waals surface area contributed by atoms with Gasteiger partial charge < -0.3 is 16.0 Å². The molecular formula is C12H25N3O. The summed E-state index contributed by atoms with van der Waals surface area (Å²) in [5, 5.41) is 2.94. The molecule has 1 rings (SSSR count). The Balaban J connectivity index is 2.15. The van der Waals surface area contributed by atoms with Crippen LogP contribution in [0.1, 0.15) is 39.5 Å². The number of piperidine rings is 1. The maximum Gasteiger partial charge on any atom is 0.317 e. The molecule has 1 aliphatic heterocycles. The van der Waals surface area contributed by atoms with Crippen molar-refractivity contribution in [3.63, 3.8) is 0 Å². The summed E-state index contributed by atoms with van der Waals surface area (Å²) in [6.07, 6.45) is 4.09. The van der Waals surface area contributed by atoms with E-state index in [0.717, 1.165) is 44.7 Å². The van der Waals surface area contributed by atoms with E-state index in [2.05, 4.69) is 19.2 Å². The maximum atomic E-state index is 11.7. The number of hydrogen-bond acceptors (Lipinski definition) is 2. The average molecular weight is 227 g/mol. The van der Waals surface area contributed by atoms with Crippen LogP contribution in [0, 0.1) is 5.92 Å². The van der Waals surface area contributed by atoms with Gasteiger partial charge in [0.05, 0.1) is 0 Å². The van der Waals surface area contributed by atoms with Gasteiger partial charge in [0.15, 0.2) is 0 Å². The molecule has 0 radical (unpaired) electrons. The van der Waals surface area contributed by atoms with Crippen molar-refractivity contribution in [3.05, 3.63) is 0 Å². The number of carbonyl (C=O) groups is 1. The van der Waals surface area contributed by atoms with E-state index in [9.17, 15) is 4.79 Å². The summed E-state index contributed by atoms with van der Waals surface area (Å²) in [6.45, 7) is 6.80. The number of nitrogens with zero attached hydrogens (tertiary/aromatic N) is 1. The number of nitrogens with two attached hydrogens (primary N) is 1. The molecule has 0 saturated carbocycles. The van der Waals surface area contributed by atoms with Crippen LogP contribution < -0.4 is 11.1 Å². The average Bonchev–Trinajstić information content (AvgIpc) is 2.29. The van der Waals surface area contributed by atoms with Gasteiger partial charge in [-0.3, -0.25) is 0 Å². The van der Waals surface area contributed by atoms with E-state index >= 15 is 0 Å². The molecule has 4 heteroatoms. The number of hydrogen-bond donors (Lipinski definition) is 2. The number of urea groups is 1. The highest BCUT2D eigenvalue weighted by Gasteiger charge is 2.19. The molecule has 4 nitrogen and oxygen atoms in total. The van der Waals surface area contributed by atoms with E-state index in [1.54, 1.807) is 0 Å². The monoisotopic (exact) mass is 227 g/mol. The van der Waals surface area contributed by atoms with Gasteiger partial charge in [0.1, 0.15) is 0 Å². The zero-order valence-corrected chi connectivity index (χ0v) is 10.5. The molecule has 3 N–H and O–H groups in total. The lowest BCUT2D eigenvalue weighted by Gasteiger charge is -2.30. The number of nitrogens with one attached hydrogen (secondary N) is 1.